The number of carbonyl (C=O) groups excluding carboxylic acids is 1. The molecule has 17 heavy (non-hydrogen) atoms. The molecule has 1 N–H and O–H groups in total. The Hall–Kier alpha value is -1.48. The molecule has 1 aromatic rings. The van der Waals surface area contributed by atoms with E-state index in [1.165, 1.54) is 0 Å². The minimum atomic E-state index is -0.215. The Morgan fingerprint density at radius 1 is 1.29 bits per heavy atom. The maximum atomic E-state index is 11.0. The lowest BCUT2D eigenvalue weighted by Crippen LogP contribution is -2.39. The average molecular weight is 249 g/mol. The number of nitrogens with one attached hydrogen (secondary N) is 1. The molecule has 0 amide bonds. The minimum absolute atomic E-state index is 0.215. The molecule has 0 bridgehead atoms. The van der Waals surface area contributed by atoms with Crippen molar-refractivity contribution in [2.75, 3.05) is 0 Å². The van der Waals surface area contributed by atoms with Crippen molar-refractivity contribution in [1.29, 1.82) is 0 Å². The molecule has 1 fully saturated rings. The molecule has 1 aromatic carbocycles. The lowest BCUT2D eigenvalue weighted by Gasteiger charge is -2.25. The van der Waals surface area contributed by atoms with Crippen LogP contribution in [0.15, 0.2) is 30.5 Å². The van der Waals surface area contributed by atoms with Gasteiger partial charge in [-0.25, -0.2) is 0 Å². The smallest absolute Gasteiger partial charge is 0.162 e. The Kier molecular flexibility index (Phi) is 2.56. The van der Waals surface area contributed by atoms with E-state index < -0.39 is 0 Å². The average Bonchev–Trinajstić information content (AvgIpc) is 3.10. The fraction of sp³-hybridized carbons (Fsp3) is 0.308. The van der Waals surface area contributed by atoms with Gasteiger partial charge in [-0.3, -0.25) is 4.79 Å². The SMILES string of the molecule is O=CC1NC=C(c2ccc(Cl)cc2)N1C1CC1. The van der Waals surface area contributed by atoms with Crippen molar-refractivity contribution < 1.29 is 4.79 Å². The maximum Gasteiger partial charge on any atom is 0.162 e. The fourth-order valence-electron chi connectivity index (χ4n) is 2.20. The second kappa shape index (κ2) is 4.08. The molecular weight excluding hydrogens is 236 g/mol. The van der Waals surface area contributed by atoms with Crippen LogP contribution in [0.3, 0.4) is 0 Å². The Balaban J connectivity index is 1.91. The number of carbonyl (C=O) groups is 1. The maximum absolute atomic E-state index is 11.0. The molecule has 0 saturated heterocycles. The third-order valence-corrected chi connectivity index (χ3v) is 3.43. The zero-order chi connectivity index (χ0) is 11.8. The second-order valence-electron chi connectivity index (χ2n) is 4.42. The first-order valence-electron chi connectivity index (χ1n) is 5.75. The Bertz CT molecular complexity index is 465. The first-order valence-corrected chi connectivity index (χ1v) is 6.13. The highest BCUT2D eigenvalue weighted by molar-refractivity contribution is 6.30. The molecule has 2 aliphatic rings. The van der Waals surface area contributed by atoms with E-state index in [-0.39, 0.29) is 6.17 Å². The summed E-state index contributed by atoms with van der Waals surface area (Å²) in [5.41, 5.74) is 2.18. The molecule has 1 heterocycles. The van der Waals surface area contributed by atoms with Gasteiger partial charge in [0, 0.05) is 17.3 Å². The molecule has 0 spiro atoms. The highest BCUT2D eigenvalue weighted by Crippen LogP contribution is 2.37. The molecule has 3 rings (SSSR count). The standard InChI is InChI=1S/C13H13ClN2O/c14-10-3-1-9(2-4-10)12-7-15-13(8-17)16(12)11-5-6-11/h1-4,7-8,11,13,15H,5-6H2. The number of hydrogen-bond acceptors (Lipinski definition) is 3. The van der Waals surface area contributed by atoms with Gasteiger partial charge in [0.15, 0.2) is 12.5 Å². The molecule has 4 heteroatoms. The summed E-state index contributed by atoms with van der Waals surface area (Å²) >= 11 is 5.88. The highest BCUT2D eigenvalue weighted by atomic mass is 35.5. The van der Waals surface area contributed by atoms with Crippen LogP contribution >= 0.6 is 11.6 Å². The fourth-order valence-corrected chi connectivity index (χ4v) is 2.33. The van der Waals surface area contributed by atoms with E-state index in [1.54, 1.807) is 0 Å². The van der Waals surface area contributed by atoms with Gasteiger partial charge in [0.1, 0.15) is 0 Å². The van der Waals surface area contributed by atoms with Gasteiger partial charge >= 0.3 is 0 Å². The molecule has 0 radical (unpaired) electrons. The van der Waals surface area contributed by atoms with Gasteiger partial charge < -0.3 is 10.2 Å². The minimum Gasteiger partial charge on any atom is -0.364 e. The Labute approximate surface area is 105 Å². The van der Waals surface area contributed by atoms with Crippen LogP contribution in [0.2, 0.25) is 5.02 Å². The normalized spacial score (nSPS) is 23.2. The number of nitrogens with zero attached hydrogens (tertiary/aromatic N) is 1. The molecule has 3 nitrogen and oxygen atoms in total. The molecule has 1 unspecified atom stereocenters. The second-order valence-corrected chi connectivity index (χ2v) is 4.86. The molecule has 1 aliphatic heterocycles. The van der Waals surface area contributed by atoms with Gasteiger partial charge in [0.05, 0.1) is 5.70 Å². The quantitative estimate of drug-likeness (QED) is 0.833. The van der Waals surface area contributed by atoms with Crippen molar-refractivity contribution in [2.24, 2.45) is 0 Å². The summed E-state index contributed by atoms with van der Waals surface area (Å²) in [5.74, 6) is 0. The van der Waals surface area contributed by atoms with Crippen LogP contribution in [0, 0.1) is 0 Å². The van der Waals surface area contributed by atoms with Crippen molar-refractivity contribution in [3.8, 4) is 0 Å². The van der Waals surface area contributed by atoms with Crippen LogP contribution in [0.5, 0.6) is 0 Å². The third kappa shape index (κ3) is 1.91. The first-order chi connectivity index (χ1) is 8.29. The third-order valence-electron chi connectivity index (χ3n) is 3.18. The van der Waals surface area contributed by atoms with Gasteiger partial charge in [0.25, 0.3) is 0 Å². The van der Waals surface area contributed by atoms with Gasteiger partial charge in [-0.05, 0) is 30.5 Å². The lowest BCUT2D eigenvalue weighted by atomic mass is 10.1. The van der Waals surface area contributed by atoms with Gasteiger partial charge in [-0.1, -0.05) is 23.7 Å². The lowest BCUT2D eigenvalue weighted by molar-refractivity contribution is -0.111. The number of aldehydes is 1. The summed E-state index contributed by atoms with van der Waals surface area (Å²) in [7, 11) is 0. The van der Waals surface area contributed by atoms with Crippen molar-refractivity contribution >= 4 is 23.6 Å². The Morgan fingerprint density at radius 2 is 2.00 bits per heavy atom. The summed E-state index contributed by atoms with van der Waals surface area (Å²) in [6, 6.07) is 8.22. The predicted molar refractivity (Wildman–Crippen MR) is 67.3 cm³/mol. The first kappa shape index (κ1) is 10.7. The largest absolute Gasteiger partial charge is 0.364 e. The highest BCUT2D eigenvalue weighted by Gasteiger charge is 2.38. The predicted octanol–water partition coefficient (Wildman–Crippen LogP) is 2.23. The zero-order valence-electron chi connectivity index (χ0n) is 9.27. The van der Waals surface area contributed by atoms with Crippen molar-refractivity contribution in [3.05, 3.63) is 41.1 Å². The summed E-state index contributed by atoms with van der Waals surface area (Å²) < 4.78 is 0. The van der Waals surface area contributed by atoms with Crippen LogP contribution in [-0.4, -0.2) is 23.4 Å². The zero-order valence-corrected chi connectivity index (χ0v) is 10.0. The van der Waals surface area contributed by atoms with Crippen LogP contribution in [0.25, 0.3) is 5.70 Å². The molecule has 88 valence electrons. The molecular formula is C13H13ClN2O. The molecule has 1 aliphatic carbocycles. The van der Waals surface area contributed by atoms with Crippen molar-refractivity contribution in [1.82, 2.24) is 10.2 Å². The van der Waals surface area contributed by atoms with Gasteiger partial charge in [-0.2, -0.15) is 0 Å². The monoisotopic (exact) mass is 248 g/mol. The molecule has 0 aromatic heterocycles. The van der Waals surface area contributed by atoms with E-state index in [0.717, 1.165) is 35.4 Å². The topological polar surface area (TPSA) is 32.3 Å². The Morgan fingerprint density at radius 3 is 2.59 bits per heavy atom. The number of hydrogen-bond donors (Lipinski definition) is 1. The van der Waals surface area contributed by atoms with E-state index in [4.69, 9.17) is 11.6 Å². The number of rotatable bonds is 3. The van der Waals surface area contributed by atoms with E-state index >= 15 is 0 Å². The number of halogens is 1. The van der Waals surface area contributed by atoms with Crippen molar-refractivity contribution in [2.45, 2.75) is 25.0 Å². The summed E-state index contributed by atoms with van der Waals surface area (Å²) in [5, 5.41) is 3.83. The summed E-state index contributed by atoms with van der Waals surface area (Å²) in [4.78, 5) is 13.2. The van der Waals surface area contributed by atoms with E-state index in [2.05, 4.69) is 10.2 Å². The van der Waals surface area contributed by atoms with Gasteiger partial charge in [-0.15, -0.1) is 0 Å². The van der Waals surface area contributed by atoms with Crippen LogP contribution in [0.1, 0.15) is 18.4 Å². The van der Waals surface area contributed by atoms with Crippen molar-refractivity contribution in [3.63, 3.8) is 0 Å². The van der Waals surface area contributed by atoms with E-state index in [0.29, 0.717) is 6.04 Å². The summed E-state index contributed by atoms with van der Waals surface area (Å²) in [6.07, 6.45) is 4.99. The van der Waals surface area contributed by atoms with E-state index in [1.807, 2.05) is 30.5 Å². The molecule has 1 saturated carbocycles. The molecule has 1 atom stereocenters. The van der Waals surface area contributed by atoms with Crippen LogP contribution in [0.4, 0.5) is 0 Å². The van der Waals surface area contributed by atoms with Gasteiger partial charge in [0.2, 0.25) is 0 Å². The summed E-state index contributed by atoms with van der Waals surface area (Å²) in [6.45, 7) is 0. The van der Waals surface area contributed by atoms with Crippen LogP contribution in [-0.2, 0) is 4.79 Å². The van der Waals surface area contributed by atoms with E-state index in [9.17, 15) is 4.79 Å². The number of benzene rings is 1. The van der Waals surface area contributed by atoms with Crippen LogP contribution < -0.4 is 5.32 Å².